The number of carbonyl (C=O) groups is 1. The average Bonchev–Trinajstić information content (AvgIpc) is 2.81. The van der Waals surface area contributed by atoms with Gasteiger partial charge in [0.2, 0.25) is 0 Å². The number of aliphatic carboxylic acids is 1. The van der Waals surface area contributed by atoms with Crippen LogP contribution in [-0.2, 0) is 11.0 Å². The van der Waals surface area contributed by atoms with Crippen LogP contribution in [-0.4, -0.2) is 20.9 Å². The van der Waals surface area contributed by atoms with Crippen molar-refractivity contribution < 1.29 is 23.1 Å². The normalized spacial score (nSPS) is 12.0. The van der Waals surface area contributed by atoms with Crippen LogP contribution in [0.2, 0.25) is 5.02 Å². The Hall–Kier alpha value is -2.28. The third kappa shape index (κ3) is 3.63. The monoisotopic (exact) mass is 316 g/mol. The molecule has 1 N–H and O–H groups in total. The Morgan fingerprint density at radius 3 is 2.62 bits per heavy atom. The van der Waals surface area contributed by atoms with Crippen LogP contribution in [0, 0.1) is 0 Å². The van der Waals surface area contributed by atoms with Crippen molar-refractivity contribution in [1.29, 1.82) is 0 Å². The molecule has 0 aliphatic rings. The molecule has 0 aliphatic heterocycles. The van der Waals surface area contributed by atoms with E-state index >= 15 is 0 Å². The molecule has 1 aromatic carbocycles. The predicted molar refractivity (Wildman–Crippen MR) is 70.2 cm³/mol. The number of hydrogen-bond donors (Lipinski definition) is 1. The summed E-state index contributed by atoms with van der Waals surface area (Å²) >= 11 is 5.67. The Balaban J connectivity index is 2.52. The molecule has 0 aliphatic carbocycles. The van der Waals surface area contributed by atoms with Gasteiger partial charge in [-0.15, -0.1) is 0 Å². The molecule has 110 valence electrons. The minimum atomic E-state index is -4.62. The van der Waals surface area contributed by atoms with E-state index in [0.717, 1.165) is 12.1 Å². The van der Waals surface area contributed by atoms with Crippen molar-refractivity contribution in [3.05, 3.63) is 52.8 Å². The number of carboxylic acids is 1. The van der Waals surface area contributed by atoms with Crippen LogP contribution < -0.4 is 0 Å². The summed E-state index contributed by atoms with van der Waals surface area (Å²) in [5, 5.41) is 12.6. The van der Waals surface area contributed by atoms with Crippen molar-refractivity contribution in [2.75, 3.05) is 0 Å². The smallest absolute Gasteiger partial charge is 0.417 e. The van der Waals surface area contributed by atoms with Crippen molar-refractivity contribution in [3.8, 4) is 5.69 Å². The highest BCUT2D eigenvalue weighted by molar-refractivity contribution is 6.30. The average molecular weight is 317 g/mol. The predicted octanol–water partition coefficient (Wildman–Crippen LogP) is 3.64. The maximum atomic E-state index is 13.0. The first-order chi connectivity index (χ1) is 9.77. The van der Waals surface area contributed by atoms with E-state index in [4.69, 9.17) is 16.7 Å². The molecular weight excluding hydrogens is 309 g/mol. The third-order valence-corrected chi connectivity index (χ3v) is 2.76. The first-order valence-electron chi connectivity index (χ1n) is 5.60. The van der Waals surface area contributed by atoms with Crippen molar-refractivity contribution in [2.45, 2.75) is 6.18 Å². The van der Waals surface area contributed by atoms with Gasteiger partial charge < -0.3 is 5.11 Å². The molecule has 1 heterocycles. The number of benzene rings is 1. The fourth-order valence-corrected chi connectivity index (χ4v) is 1.82. The number of carboxylic acid groups (broad SMARTS) is 1. The summed E-state index contributed by atoms with van der Waals surface area (Å²) in [6.45, 7) is 0. The van der Waals surface area contributed by atoms with E-state index in [1.54, 1.807) is 0 Å². The van der Waals surface area contributed by atoms with Crippen LogP contribution in [0.25, 0.3) is 11.8 Å². The Kier molecular flexibility index (Phi) is 4.04. The van der Waals surface area contributed by atoms with Crippen molar-refractivity contribution in [1.82, 2.24) is 9.78 Å². The summed E-state index contributed by atoms with van der Waals surface area (Å²) in [6.07, 6.45) is -0.415. The molecule has 2 aromatic rings. The van der Waals surface area contributed by atoms with Gasteiger partial charge in [-0.25, -0.2) is 9.48 Å². The van der Waals surface area contributed by atoms with Gasteiger partial charge in [0, 0.05) is 12.3 Å². The number of alkyl halides is 3. The SMILES string of the molecule is O=C(O)/C=C/c1ccc(-n2cc(Cl)cn2)cc1C(F)(F)F. The second-order valence-electron chi connectivity index (χ2n) is 4.04. The molecule has 0 saturated carbocycles. The largest absolute Gasteiger partial charge is 0.478 e. The van der Waals surface area contributed by atoms with Gasteiger partial charge in [0.1, 0.15) is 0 Å². The zero-order valence-corrected chi connectivity index (χ0v) is 11.1. The van der Waals surface area contributed by atoms with Crippen LogP contribution in [0.5, 0.6) is 0 Å². The Morgan fingerprint density at radius 1 is 1.38 bits per heavy atom. The van der Waals surface area contributed by atoms with Gasteiger partial charge in [-0.05, 0) is 23.8 Å². The lowest BCUT2D eigenvalue weighted by Gasteiger charge is -2.12. The van der Waals surface area contributed by atoms with Gasteiger partial charge in [0.05, 0.1) is 22.5 Å². The van der Waals surface area contributed by atoms with E-state index in [-0.39, 0.29) is 11.3 Å². The summed E-state index contributed by atoms with van der Waals surface area (Å²) in [6, 6.07) is 3.44. The highest BCUT2D eigenvalue weighted by Gasteiger charge is 2.33. The number of nitrogens with zero attached hydrogens (tertiary/aromatic N) is 2. The van der Waals surface area contributed by atoms with Gasteiger partial charge in [0.15, 0.2) is 0 Å². The molecule has 0 spiro atoms. The summed E-state index contributed by atoms with van der Waals surface area (Å²) in [5.74, 6) is -1.33. The molecule has 21 heavy (non-hydrogen) atoms. The number of hydrogen-bond acceptors (Lipinski definition) is 2. The highest BCUT2D eigenvalue weighted by atomic mass is 35.5. The topological polar surface area (TPSA) is 55.1 Å². The molecular formula is C13H8ClF3N2O2. The molecule has 0 bridgehead atoms. The quantitative estimate of drug-likeness (QED) is 0.880. The van der Waals surface area contributed by atoms with Gasteiger partial charge >= 0.3 is 12.1 Å². The fourth-order valence-electron chi connectivity index (χ4n) is 1.68. The van der Waals surface area contributed by atoms with Crippen molar-refractivity contribution in [2.24, 2.45) is 0 Å². The lowest BCUT2D eigenvalue weighted by molar-refractivity contribution is -0.138. The summed E-state index contributed by atoms with van der Waals surface area (Å²) in [7, 11) is 0. The van der Waals surface area contributed by atoms with Gasteiger partial charge in [-0.3, -0.25) is 0 Å². The van der Waals surface area contributed by atoms with Gasteiger partial charge in [0.25, 0.3) is 0 Å². The van der Waals surface area contributed by atoms with Crippen molar-refractivity contribution in [3.63, 3.8) is 0 Å². The summed E-state index contributed by atoms with van der Waals surface area (Å²) in [4.78, 5) is 10.4. The maximum Gasteiger partial charge on any atom is 0.417 e. The van der Waals surface area contributed by atoms with Crippen LogP contribution in [0.15, 0.2) is 36.7 Å². The lowest BCUT2D eigenvalue weighted by atomic mass is 10.1. The zero-order valence-electron chi connectivity index (χ0n) is 10.3. The first-order valence-corrected chi connectivity index (χ1v) is 5.98. The van der Waals surface area contributed by atoms with Crippen LogP contribution in [0.3, 0.4) is 0 Å². The van der Waals surface area contributed by atoms with Crippen LogP contribution in [0.4, 0.5) is 13.2 Å². The lowest BCUT2D eigenvalue weighted by Crippen LogP contribution is -2.09. The minimum Gasteiger partial charge on any atom is -0.478 e. The van der Waals surface area contributed by atoms with Crippen LogP contribution in [0.1, 0.15) is 11.1 Å². The molecule has 0 amide bonds. The van der Waals surface area contributed by atoms with E-state index in [0.29, 0.717) is 11.1 Å². The van der Waals surface area contributed by atoms with E-state index in [1.807, 2.05) is 0 Å². The number of rotatable bonds is 3. The molecule has 1 aromatic heterocycles. The highest BCUT2D eigenvalue weighted by Crippen LogP contribution is 2.34. The Labute approximate surface area is 122 Å². The number of halogens is 4. The minimum absolute atomic E-state index is 0.168. The molecule has 4 nitrogen and oxygen atoms in total. The van der Waals surface area contributed by atoms with Gasteiger partial charge in [-0.1, -0.05) is 17.7 Å². The molecule has 0 fully saturated rings. The van der Waals surface area contributed by atoms with E-state index in [2.05, 4.69) is 5.10 Å². The standard InChI is InChI=1S/C13H8ClF3N2O2/c14-9-6-18-19(7-9)10-3-1-8(2-4-12(20)21)11(5-10)13(15,16)17/h1-7H,(H,20,21)/b4-2+. The Morgan fingerprint density at radius 2 is 2.10 bits per heavy atom. The van der Waals surface area contributed by atoms with Crippen LogP contribution >= 0.6 is 11.6 Å². The van der Waals surface area contributed by atoms with Gasteiger partial charge in [-0.2, -0.15) is 18.3 Å². The summed E-state index contributed by atoms with van der Waals surface area (Å²) in [5.41, 5.74) is -1.03. The molecule has 0 radical (unpaired) electrons. The molecule has 0 atom stereocenters. The zero-order chi connectivity index (χ0) is 15.6. The molecule has 0 unspecified atom stereocenters. The van der Waals surface area contributed by atoms with Crippen molar-refractivity contribution >= 4 is 23.6 Å². The van der Waals surface area contributed by atoms with E-state index in [9.17, 15) is 18.0 Å². The second kappa shape index (κ2) is 5.61. The number of aromatic nitrogens is 2. The fraction of sp³-hybridized carbons (Fsp3) is 0.0769. The maximum absolute atomic E-state index is 13.0. The third-order valence-electron chi connectivity index (χ3n) is 2.56. The molecule has 8 heteroatoms. The van der Waals surface area contributed by atoms with E-state index in [1.165, 1.54) is 29.2 Å². The molecule has 2 rings (SSSR count). The van der Waals surface area contributed by atoms with E-state index < -0.39 is 17.7 Å². The molecule has 0 saturated heterocycles. The second-order valence-corrected chi connectivity index (χ2v) is 4.48. The Bertz CT molecular complexity index is 708. The first kappa shape index (κ1) is 15.1. The summed E-state index contributed by atoms with van der Waals surface area (Å²) < 4.78 is 40.3.